The van der Waals surface area contributed by atoms with Gasteiger partial charge in [0.1, 0.15) is 0 Å². The van der Waals surface area contributed by atoms with Crippen LogP contribution in [0, 0.1) is 29.1 Å². The molecule has 98 valence electrons. The van der Waals surface area contributed by atoms with E-state index in [9.17, 15) is 0 Å². The minimum atomic E-state index is 0.535. The maximum atomic E-state index is 6.18. The fourth-order valence-electron chi connectivity index (χ4n) is 5.41. The lowest BCUT2D eigenvalue weighted by Gasteiger charge is -2.42. The molecule has 0 aromatic heterocycles. The highest BCUT2D eigenvalue weighted by molar-refractivity contribution is 4.95. The van der Waals surface area contributed by atoms with Crippen LogP contribution in [0.15, 0.2) is 0 Å². The molecule has 5 unspecified atom stereocenters. The maximum Gasteiger partial charge on any atom is -0.00203 e. The van der Waals surface area contributed by atoms with Gasteiger partial charge in [-0.1, -0.05) is 26.2 Å². The Kier molecular flexibility index (Phi) is 3.23. The molecule has 0 aliphatic heterocycles. The van der Waals surface area contributed by atoms with Gasteiger partial charge in [0.05, 0.1) is 0 Å². The van der Waals surface area contributed by atoms with Gasteiger partial charge in [0.15, 0.2) is 0 Å². The van der Waals surface area contributed by atoms with Gasteiger partial charge in [-0.3, -0.25) is 0 Å². The van der Waals surface area contributed by atoms with Crippen LogP contribution in [-0.4, -0.2) is 6.54 Å². The van der Waals surface area contributed by atoms with E-state index < -0.39 is 0 Å². The zero-order valence-electron chi connectivity index (χ0n) is 11.5. The fourth-order valence-corrected chi connectivity index (χ4v) is 5.41. The smallest absolute Gasteiger partial charge is 0.00203 e. The maximum absolute atomic E-state index is 6.18. The molecule has 1 heteroatoms. The average Bonchev–Trinajstić information content (AvgIpc) is 2.91. The predicted octanol–water partition coefficient (Wildman–Crippen LogP) is 3.97. The third-order valence-electron chi connectivity index (χ3n) is 6.20. The minimum absolute atomic E-state index is 0.535. The normalized spacial score (nSPS) is 49.8. The van der Waals surface area contributed by atoms with E-state index in [4.69, 9.17) is 5.73 Å². The Morgan fingerprint density at radius 3 is 2.65 bits per heavy atom. The monoisotopic (exact) mass is 235 g/mol. The van der Waals surface area contributed by atoms with Crippen LogP contribution in [0.5, 0.6) is 0 Å². The molecule has 0 radical (unpaired) electrons. The van der Waals surface area contributed by atoms with Gasteiger partial charge in [0, 0.05) is 0 Å². The summed E-state index contributed by atoms with van der Waals surface area (Å²) in [7, 11) is 0. The van der Waals surface area contributed by atoms with Crippen LogP contribution in [0.3, 0.4) is 0 Å². The molecular weight excluding hydrogens is 206 g/mol. The van der Waals surface area contributed by atoms with Crippen LogP contribution >= 0.6 is 0 Å². The van der Waals surface area contributed by atoms with Crippen molar-refractivity contribution in [1.82, 2.24) is 0 Å². The molecular formula is C16H29N. The molecule has 3 aliphatic rings. The third-order valence-corrected chi connectivity index (χ3v) is 6.20. The molecule has 3 saturated carbocycles. The first-order chi connectivity index (χ1) is 8.21. The SMILES string of the molecule is CC1CCCC(CN)(CC2CC3CCC2C3)C1. The highest BCUT2D eigenvalue weighted by atomic mass is 14.6. The molecule has 0 saturated heterocycles. The number of fused-ring (bicyclic) bond motifs is 2. The summed E-state index contributed by atoms with van der Waals surface area (Å²) in [5, 5.41) is 0. The topological polar surface area (TPSA) is 26.0 Å². The zero-order chi connectivity index (χ0) is 11.9. The van der Waals surface area contributed by atoms with Gasteiger partial charge in [-0.05, 0) is 74.2 Å². The summed E-state index contributed by atoms with van der Waals surface area (Å²) in [5.74, 6) is 4.15. The van der Waals surface area contributed by atoms with Gasteiger partial charge < -0.3 is 5.73 Å². The predicted molar refractivity (Wildman–Crippen MR) is 72.7 cm³/mol. The Morgan fingerprint density at radius 2 is 2.06 bits per heavy atom. The van der Waals surface area contributed by atoms with Gasteiger partial charge in [-0.2, -0.15) is 0 Å². The second-order valence-corrected chi connectivity index (χ2v) is 7.54. The van der Waals surface area contributed by atoms with E-state index in [-0.39, 0.29) is 0 Å². The van der Waals surface area contributed by atoms with E-state index in [1.54, 1.807) is 12.8 Å². The van der Waals surface area contributed by atoms with Crippen molar-refractivity contribution in [2.45, 2.75) is 64.7 Å². The first-order valence-corrected chi connectivity index (χ1v) is 7.91. The standard InChI is InChI=1S/C16H29N/c1-12-3-2-6-16(9-12,11-17)10-15-8-13-4-5-14(15)7-13/h12-15H,2-11,17H2,1H3. The van der Waals surface area contributed by atoms with Gasteiger partial charge in [0.2, 0.25) is 0 Å². The van der Waals surface area contributed by atoms with E-state index in [2.05, 4.69) is 6.92 Å². The Morgan fingerprint density at radius 1 is 1.18 bits per heavy atom. The molecule has 0 heterocycles. The summed E-state index contributed by atoms with van der Waals surface area (Å²) < 4.78 is 0. The van der Waals surface area contributed by atoms with Crippen molar-refractivity contribution in [2.75, 3.05) is 6.54 Å². The number of nitrogens with two attached hydrogens (primary N) is 1. The number of rotatable bonds is 3. The Balaban J connectivity index is 1.65. The first-order valence-electron chi connectivity index (χ1n) is 7.91. The molecule has 17 heavy (non-hydrogen) atoms. The van der Waals surface area contributed by atoms with Crippen LogP contribution in [0.2, 0.25) is 0 Å². The largest absolute Gasteiger partial charge is 0.330 e. The summed E-state index contributed by atoms with van der Waals surface area (Å²) in [6.07, 6.45) is 13.3. The van der Waals surface area contributed by atoms with Crippen LogP contribution < -0.4 is 5.73 Å². The highest BCUT2D eigenvalue weighted by Crippen LogP contribution is 2.54. The van der Waals surface area contributed by atoms with Crippen LogP contribution in [0.25, 0.3) is 0 Å². The summed E-state index contributed by atoms with van der Waals surface area (Å²) in [6, 6.07) is 0. The average molecular weight is 235 g/mol. The lowest BCUT2D eigenvalue weighted by Crippen LogP contribution is -2.38. The number of hydrogen-bond acceptors (Lipinski definition) is 1. The lowest BCUT2D eigenvalue weighted by molar-refractivity contribution is 0.0994. The van der Waals surface area contributed by atoms with E-state index in [0.29, 0.717) is 5.41 Å². The van der Waals surface area contributed by atoms with Gasteiger partial charge in [-0.25, -0.2) is 0 Å². The second kappa shape index (κ2) is 4.57. The Bertz CT molecular complexity index is 275. The van der Waals surface area contributed by atoms with E-state index in [0.717, 1.165) is 30.2 Å². The van der Waals surface area contributed by atoms with Crippen molar-refractivity contribution in [3.05, 3.63) is 0 Å². The number of hydrogen-bond donors (Lipinski definition) is 1. The van der Waals surface area contributed by atoms with E-state index in [1.807, 2.05) is 0 Å². The summed E-state index contributed by atoms with van der Waals surface area (Å²) >= 11 is 0. The second-order valence-electron chi connectivity index (χ2n) is 7.54. The molecule has 0 spiro atoms. The van der Waals surface area contributed by atoms with E-state index in [1.165, 1.54) is 44.9 Å². The summed E-state index contributed by atoms with van der Waals surface area (Å²) in [5.41, 5.74) is 6.71. The molecule has 3 aliphatic carbocycles. The zero-order valence-corrected chi connectivity index (χ0v) is 11.5. The van der Waals surface area contributed by atoms with Crippen molar-refractivity contribution in [1.29, 1.82) is 0 Å². The molecule has 2 N–H and O–H groups in total. The highest BCUT2D eigenvalue weighted by Gasteiger charge is 2.44. The quantitative estimate of drug-likeness (QED) is 0.787. The lowest BCUT2D eigenvalue weighted by atomic mass is 9.64. The molecule has 0 amide bonds. The van der Waals surface area contributed by atoms with E-state index >= 15 is 0 Å². The molecule has 0 aromatic rings. The molecule has 3 fully saturated rings. The third kappa shape index (κ3) is 2.28. The van der Waals surface area contributed by atoms with Gasteiger partial charge in [-0.15, -0.1) is 0 Å². The van der Waals surface area contributed by atoms with Crippen molar-refractivity contribution >= 4 is 0 Å². The van der Waals surface area contributed by atoms with Crippen LogP contribution in [0.4, 0.5) is 0 Å². The van der Waals surface area contributed by atoms with Gasteiger partial charge >= 0.3 is 0 Å². The molecule has 2 bridgehead atoms. The van der Waals surface area contributed by atoms with Crippen LogP contribution in [-0.2, 0) is 0 Å². The molecule has 3 rings (SSSR count). The van der Waals surface area contributed by atoms with Crippen molar-refractivity contribution in [3.8, 4) is 0 Å². The van der Waals surface area contributed by atoms with Crippen LogP contribution in [0.1, 0.15) is 64.7 Å². The van der Waals surface area contributed by atoms with Gasteiger partial charge in [0.25, 0.3) is 0 Å². The minimum Gasteiger partial charge on any atom is -0.330 e. The van der Waals surface area contributed by atoms with Crippen molar-refractivity contribution < 1.29 is 0 Å². The Labute approximate surface area is 107 Å². The molecule has 0 aromatic carbocycles. The summed E-state index contributed by atoms with van der Waals surface area (Å²) in [6.45, 7) is 3.38. The Hall–Kier alpha value is -0.0400. The van der Waals surface area contributed by atoms with Crippen molar-refractivity contribution in [2.24, 2.45) is 34.8 Å². The summed E-state index contributed by atoms with van der Waals surface area (Å²) in [4.78, 5) is 0. The van der Waals surface area contributed by atoms with Crippen molar-refractivity contribution in [3.63, 3.8) is 0 Å². The molecule has 1 nitrogen and oxygen atoms in total. The first kappa shape index (κ1) is 12.0. The molecule has 5 atom stereocenters. The fraction of sp³-hybridized carbons (Fsp3) is 1.00.